The summed E-state index contributed by atoms with van der Waals surface area (Å²) in [7, 11) is 0. The molecule has 18 aromatic carbocycles. The Bertz CT molecular complexity index is 9430. The summed E-state index contributed by atoms with van der Waals surface area (Å²) in [6, 6.07) is 128. The zero-order valence-electron chi connectivity index (χ0n) is 89.0. The molecule has 12 heteroatoms. The van der Waals surface area contributed by atoms with Crippen LogP contribution in [0.1, 0.15) is 159 Å². The van der Waals surface area contributed by atoms with Crippen molar-refractivity contribution in [2.24, 2.45) is 0 Å². The maximum Gasteiger partial charge on any atom is 0.157 e. The lowest BCUT2D eigenvalue weighted by Crippen LogP contribution is -1.91. The third-order valence-corrected chi connectivity index (χ3v) is 31.2. The van der Waals surface area contributed by atoms with Gasteiger partial charge in [0.25, 0.3) is 0 Å². The third-order valence-electron chi connectivity index (χ3n) is 27.6. The number of hydrogen-bond donors (Lipinski definition) is 0. The standard InChI is InChI=1S/3C21H15NO.3C21H15NS.6C2H6/c1-2-17-21-20(15-9-5-6-10-19(15)23-21)16-11-13-7-3-4-8-14(13)12-18(16)22-17;1-2-17-21-19(15-9-5-6-10-18(15)23-21)16-12-11-13-7-3-4-8-14(13)20(16)22-17;1-2-16-21-20(15-9-5-6-10-18(15)23-21)19-14-8-4-3-7-13(14)11-12-17(19)22-16;1-2-17-21-20(15-9-5-6-10-19(15)23-21)16-11-13-7-3-4-8-14(13)12-18(16)22-17;1-2-17-21-19(15-9-5-6-10-18(15)23-21)16-12-11-13-7-3-4-8-14(13)20(16)22-17;1-2-16-21-20(15-9-5-6-10-18(15)23-21)19-14-8-4-3-7-13(14)11-12-17(19)22-16;6*1-2/h6*3-12H,2H2,1H3;6*1-2H3. The van der Waals surface area contributed by atoms with Gasteiger partial charge in [-0.3, -0.25) is 15.0 Å². The van der Waals surface area contributed by atoms with Gasteiger partial charge in [0, 0.05) is 122 Å². The van der Waals surface area contributed by atoms with E-state index in [1.165, 1.54) is 207 Å². The van der Waals surface area contributed by atoms with Crippen LogP contribution in [0, 0.1) is 0 Å². The van der Waals surface area contributed by atoms with Crippen molar-refractivity contribution in [1.29, 1.82) is 0 Å². The van der Waals surface area contributed by atoms with E-state index in [1.54, 1.807) is 0 Å². The first-order valence-electron chi connectivity index (χ1n) is 53.9. The fourth-order valence-corrected chi connectivity index (χ4v) is 24.9. The molecule has 0 saturated heterocycles. The number of nitrogens with zero attached hydrogens (tertiary/aromatic N) is 6. The van der Waals surface area contributed by atoms with Gasteiger partial charge in [-0.05, 0) is 165 Å². The highest BCUT2D eigenvalue weighted by Gasteiger charge is 2.24. The highest BCUT2D eigenvalue weighted by molar-refractivity contribution is 7.27. The molecule has 9 nitrogen and oxygen atoms in total. The second kappa shape index (κ2) is 46.2. The lowest BCUT2D eigenvalue weighted by atomic mass is 9.99. The number of aryl methyl sites for hydroxylation is 6. The van der Waals surface area contributed by atoms with Crippen LogP contribution in [0.4, 0.5) is 0 Å². The molecule has 30 aromatic rings. The van der Waals surface area contributed by atoms with E-state index in [9.17, 15) is 0 Å². The maximum absolute atomic E-state index is 6.17. The van der Waals surface area contributed by atoms with Crippen LogP contribution in [0.5, 0.6) is 0 Å². The number of thiophene rings is 3. The molecule has 0 aliphatic carbocycles. The normalized spacial score (nSPS) is 11.2. The maximum atomic E-state index is 6.17. The smallest absolute Gasteiger partial charge is 0.157 e. The fraction of sp³-hybridized carbons (Fsp3) is 0.174. The van der Waals surface area contributed by atoms with Crippen LogP contribution in [0.15, 0.2) is 377 Å². The first-order valence-corrected chi connectivity index (χ1v) is 56.3. The fourth-order valence-electron chi connectivity index (χ4n) is 21.1. The van der Waals surface area contributed by atoms with Gasteiger partial charge in [0.05, 0.1) is 81.4 Å². The van der Waals surface area contributed by atoms with E-state index >= 15 is 0 Å². The Labute approximate surface area is 888 Å². The summed E-state index contributed by atoms with van der Waals surface area (Å²) >= 11 is 5.61. The minimum atomic E-state index is 0.857. The van der Waals surface area contributed by atoms with Crippen molar-refractivity contribution >= 4 is 290 Å². The second-order valence-electron chi connectivity index (χ2n) is 35.4. The van der Waals surface area contributed by atoms with Crippen molar-refractivity contribution in [3.63, 3.8) is 0 Å². The number of pyridine rings is 6. The molecule has 12 heterocycles. The molecule has 0 radical (unpaired) electrons. The number of furan rings is 3. The molecular formula is C138H126N6O3S3. The Kier molecular flexibility index (Phi) is 31.6. The molecule has 0 aliphatic rings. The topological polar surface area (TPSA) is 117 Å². The van der Waals surface area contributed by atoms with Crippen molar-refractivity contribution in [1.82, 2.24) is 29.9 Å². The molecule has 0 aliphatic heterocycles. The monoisotopic (exact) mass is 2010 g/mol. The lowest BCUT2D eigenvalue weighted by molar-refractivity contribution is 0.660. The van der Waals surface area contributed by atoms with Crippen molar-refractivity contribution < 1.29 is 13.3 Å². The SMILES string of the molecule is CC.CC.CC.CC.CC.CC.CCc1nc2c3ccccc3ccc2c2c1oc1ccccc12.CCc1nc2c3ccccc3ccc2c2c1sc1ccccc12.CCc1nc2cc3ccccc3cc2c2c1oc1ccccc12.CCc1nc2cc3ccccc3cc2c2c1sc1ccccc12.CCc1nc2ccc3ccccc3c2c2c1oc1ccccc12.CCc1nc2ccc3ccccc3c2c2c1sc1ccccc12. The molecule has 744 valence electrons. The Morgan fingerprint density at radius 3 is 0.827 bits per heavy atom. The number of benzene rings is 18. The van der Waals surface area contributed by atoms with E-state index in [-0.39, 0.29) is 0 Å². The van der Waals surface area contributed by atoms with Gasteiger partial charge < -0.3 is 13.3 Å². The quantitative estimate of drug-likeness (QED) is 0.118. The van der Waals surface area contributed by atoms with Gasteiger partial charge in [0.15, 0.2) is 16.7 Å². The van der Waals surface area contributed by atoms with E-state index in [0.29, 0.717) is 0 Å². The van der Waals surface area contributed by atoms with Crippen LogP contribution in [0.2, 0.25) is 0 Å². The summed E-state index contributed by atoms with van der Waals surface area (Å²) in [5, 5.41) is 37.6. The summed E-state index contributed by atoms with van der Waals surface area (Å²) in [6.07, 6.45) is 5.47. The van der Waals surface area contributed by atoms with Crippen LogP contribution in [0.3, 0.4) is 0 Å². The lowest BCUT2D eigenvalue weighted by Gasteiger charge is -2.08. The largest absolute Gasteiger partial charge is 0.454 e. The molecule has 30 rings (SSSR count). The average Bonchev–Trinajstić information content (AvgIpc) is 1.59. The van der Waals surface area contributed by atoms with Crippen molar-refractivity contribution in [2.45, 2.75) is 163 Å². The van der Waals surface area contributed by atoms with Crippen molar-refractivity contribution in [2.75, 3.05) is 0 Å². The third kappa shape index (κ3) is 18.7. The van der Waals surface area contributed by atoms with Crippen LogP contribution < -0.4 is 0 Å². The molecule has 0 N–H and O–H groups in total. The minimum Gasteiger partial charge on any atom is -0.454 e. The molecule has 0 amide bonds. The summed E-state index contributed by atoms with van der Waals surface area (Å²) in [4.78, 5) is 29.7. The Balaban J connectivity index is 0.000000111. The summed E-state index contributed by atoms with van der Waals surface area (Å²) in [6.45, 7) is 37.0. The first kappa shape index (κ1) is 103. The zero-order chi connectivity index (χ0) is 104. The number of aromatic nitrogens is 6. The molecule has 0 saturated carbocycles. The molecule has 0 unspecified atom stereocenters. The van der Waals surface area contributed by atoms with Gasteiger partial charge in [0.2, 0.25) is 0 Å². The van der Waals surface area contributed by atoms with Crippen LogP contribution in [0.25, 0.3) is 256 Å². The molecule has 0 atom stereocenters. The van der Waals surface area contributed by atoms with E-state index in [0.717, 1.165) is 122 Å². The van der Waals surface area contributed by atoms with Gasteiger partial charge in [-0.2, -0.15) is 0 Å². The predicted molar refractivity (Wildman–Crippen MR) is 660 cm³/mol. The Morgan fingerprint density at radius 2 is 0.420 bits per heavy atom. The van der Waals surface area contributed by atoms with Gasteiger partial charge >= 0.3 is 0 Å². The highest BCUT2D eigenvalue weighted by atomic mass is 32.1. The predicted octanol–water partition coefficient (Wildman–Crippen LogP) is 42.7. The molecule has 0 spiro atoms. The molecule has 12 aromatic heterocycles. The Morgan fingerprint density at radius 1 is 0.173 bits per heavy atom. The van der Waals surface area contributed by atoms with Crippen LogP contribution in [-0.4, -0.2) is 29.9 Å². The molecule has 0 fully saturated rings. The summed E-state index contributed by atoms with van der Waals surface area (Å²) in [5.41, 5.74) is 18.8. The number of rotatable bonds is 6. The van der Waals surface area contributed by atoms with Gasteiger partial charge in [-0.15, -0.1) is 34.0 Å². The Hall–Kier alpha value is -16.0. The van der Waals surface area contributed by atoms with Gasteiger partial charge in [0.1, 0.15) is 16.7 Å². The van der Waals surface area contributed by atoms with E-state index in [4.69, 9.17) is 43.2 Å². The average molecular weight is 2010 g/mol. The molecule has 0 bridgehead atoms. The van der Waals surface area contributed by atoms with Crippen LogP contribution in [-0.2, 0) is 38.5 Å². The van der Waals surface area contributed by atoms with E-state index in [2.05, 4.69) is 369 Å². The van der Waals surface area contributed by atoms with Gasteiger partial charge in [-0.1, -0.05) is 416 Å². The zero-order valence-corrected chi connectivity index (χ0v) is 91.5. The molecular weight excluding hydrogens is 1890 g/mol. The first-order chi connectivity index (χ1) is 74.2. The molecule has 150 heavy (non-hydrogen) atoms. The van der Waals surface area contributed by atoms with Crippen LogP contribution >= 0.6 is 34.0 Å². The minimum absolute atomic E-state index is 0.857. The van der Waals surface area contributed by atoms with Gasteiger partial charge in [-0.25, -0.2) is 15.0 Å². The van der Waals surface area contributed by atoms with E-state index < -0.39 is 0 Å². The summed E-state index contributed by atoms with van der Waals surface area (Å²) in [5.74, 6) is 0. The van der Waals surface area contributed by atoms with Crippen molar-refractivity contribution in [3.05, 3.63) is 398 Å². The highest BCUT2D eigenvalue weighted by Crippen LogP contribution is 2.48. The number of para-hydroxylation sites is 3. The van der Waals surface area contributed by atoms with E-state index in [1.807, 2.05) is 153 Å². The number of hydrogen-bond acceptors (Lipinski definition) is 12. The summed E-state index contributed by atoms with van der Waals surface area (Å²) < 4.78 is 26.5. The second-order valence-corrected chi connectivity index (χ2v) is 38.6. The number of fused-ring (bicyclic) bond motifs is 40. The van der Waals surface area contributed by atoms with Crippen molar-refractivity contribution in [3.8, 4) is 0 Å².